The summed E-state index contributed by atoms with van der Waals surface area (Å²) in [5.41, 5.74) is 5.86. The zero-order valence-electron chi connectivity index (χ0n) is 9.86. The highest BCUT2D eigenvalue weighted by atomic mass is 35.5. The molecular weight excluding hydrogens is 224 g/mol. The predicted octanol–water partition coefficient (Wildman–Crippen LogP) is 1.94. The summed E-state index contributed by atoms with van der Waals surface area (Å²) in [6, 6.07) is 0.214. The maximum Gasteiger partial charge on any atom is 0.222 e. The fourth-order valence-electron chi connectivity index (χ4n) is 2.50. The molecule has 3 nitrogen and oxygen atoms in total. The Morgan fingerprint density at radius 3 is 2.56 bits per heavy atom. The molecule has 1 saturated heterocycles. The number of nitrogens with two attached hydrogens (primary N) is 1. The predicted molar refractivity (Wildman–Crippen MR) is 67.6 cm³/mol. The molecule has 0 aromatic carbocycles. The molecule has 2 aliphatic rings. The number of likely N-dealkylation sites (tertiary alicyclic amines) is 1. The van der Waals surface area contributed by atoms with Crippen molar-refractivity contribution < 1.29 is 4.79 Å². The van der Waals surface area contributed by atoms with Gasteiger partial charge in [-0.05, 0) is 25.2 Å². The van der Waals surface area contributed by atoms with Crippen LogP contribution in [0.1, 0.15) is 44.9 Å². The second-order valence-corrected chi connectivity index (χ2v) is 5.08. The van der Waals surface area contributed by atoms with E-state index in [-0.39, 0.29) is 18.4 Å². The molecule has 0 spiro atoms. The van der Waals surface area contributed by atoms with Crippen LogP contribution in [0.5, 0.6) is 0 Å². The number of hydrogen-bond acceptors (Lipinski definition) is 2. The van der Waals surface area contributed by atoms with Crippen LogP contribution < -0.4 is 5.73 Å². The van der Waals surface area contributed by atoms with Crippen LogP contribution in [0, 0.1) is 5.92 Å². The van der Waals surface area contributed by atoms with Crippen molar-refractivity contribution in [3.8, 4) is 0 Å². The molecule has 1 amide bonds. The van der Waals surface area contributed by atoms with E-state index in [1.165, 1.54) is 19.3 Å². The van der Waals surface area contributed by atoms with Crippen molar-refractivity contribution in [2.75, 3.05) is 13.1 Å². The highest BCUT2D eigenvalue weighted by molar-refractivity contribution is 5.85. The Labute approximate surface area is 104 Å². The zero-order valence-corrected chi connectivity index (χ0v) is 10.7. The number of halogens is 1. The number of rotatable bonds is 3. The molecule has 16 heavy (non-hydrogen) atoms. The Morgan fingerprint density at radius 1 is 1.25 bits per heavy atom. The van der Waals surface area contributed by atoms with Crippen molar-refractivity contribution in [1.82, 2.24) is 4.90 Å². The van der Waals surface area contributed by atoms with Crippen LogP contribution in [-0.4, -0.2) is 29.9 Å². The maximum atomic E-state index is 11.9. The normalized spacial score (nSPS) is 25.8. The monoisotopic (exact) mass is 246 g/mol. The van der Waals surface area contributed by atoms with E-state index in [4.69, 9.17) is 5.73 Å². The number of carbonyl (C=O) groups is 1. The average Bonchev–Trinajstić information content (AvgIpc) is 2.15. The van der Waals surface area contributed by atoms with E-state index in [9.17, 15) is 4.79 Å². The van der Waals surface area contributed by atoms with Gasteiger partial charge in [-0.15, -0.1) is 12.4 Å². The van der Waals surface area contributed by atoms with Crippen LogP contribution in [-0.2, 0) is 4.79 Å². The Kier molecular flexibility index (Phi) is 5.56. The van der Waals surface area contributed by atoms with Crippen LogP contribution in [0.3, 0.4) is 0 Å². The minimum atomic E-state index is 0. The topological polar surface area (TPSA) is 46.3 Å². The molecule has 1 aliphatic carbocycles. The second-order valence-electron chi connectivity index (χ2n) is 5.08. The largest absolute Gasteiger partial charge is 0.341 e. The van der Waals surface area contributed by atoms with E-state index in [2.05, 4.69) is 0 Å². The smallest absolute Gasteiger partial charge is 0.222 e. The molecule has 0 aromatic rings. The summed E-state index contributed by atoms with van der Waals surface area (Å²) in [7, 11) is 0. The van der Waals surface area contributed by atoms with Gasteiger partial charge >= 0.3 is 0 Å². The Morgan fingerprint density at radius 2 is 2.00 bits per heavy atom. The molecule has 1 heterocycles. The molecule has 0 radical (unpaired) electrons. The molecule has 1 aliphatic heterocycles. The van der Waals surface area contributed by atoms with Gasteiger partial charge < -0.3 is 10.6 Å². The van der Waals surface area contributed by atoms with Crippen LogP contribution in [0.15, 0.2) is 0 Å². The van der Waals surface area contributed by atoms with Crippen molar-refractivity contribution in [3.63, 3.8) is 0 Å². The standard InChI is InChI=1S/C12H22N2O.ClH/c13-11-5-2-8-14(9-11)12(15)7-6-10-3-1-4-10;/h10-11H,1-9,13H2;1H. The number of hydrogen-bond donors (Lipinski definition) is 1. The van der Waals surface area contributed by atoms with Crippen molar-refractivity contribution in [2.45, 2.75) is 51.0 Å². The van der Waals surface area contributed by atoms with Gasteiger partial charge in [0.25, 0.3) is 0 Å². The number of nitrogens with zero attached hydrogens (tertiary/aromatic N) is 1. The quantitative estimate of drug-likeness (QED) is 0.827. The van der Waals surface area contributed by atoms with E-state index in [0.29, 0.717) is 5.91 Å². The van der Waals surface area contributed by atoms with Crippen molar-refractivity contribution in [3.05, 3.63) is 0 Å². The Balaban J connectivity index is 0.00000128. The summed E-state index contributed by atoms with van der Waals surface area (Å²) in [5.74, 6) is 1.17. The summed E-state index contributed by atoms with van der Waals surface area (Å²) in [6.07, 6.45) is 8.05. The fourth-order valence-corrected chi connectivity index (χ4v) is 2.50. The highest BCUT2D eigenvalue weighted by Gasteiger charge is 2.23. The van der Waals surface area contributed by atoms with Gasteiger partial charge in [0.2, 0.25) is 5.91 Å². The van der Waals surface area contributed by atoms with Gasteiger partial charge in [0, 0.05) is 25.6 Å². The Hall–Kier alpha value is -0.280. The summed E-state index contributed by atoms with van der Waals surface area (Å²) in [4.78, 5) is 13.8. The first-order valence-corrected chi connectivity index (χ1v) is 6.29. The summed E-state index contributed by atoms with van der Waals surface area (Å²) < 4.78 is 0. The maximum absolute atomic E-state index is 11.9. The minimum Gasteiger partial charge on any atom is -0.341 e. The van der Waals surface area contributed by atoms with E-state index in [0.717, 1.165) is 44.7 Å². The lowest BCUT2D eigenvalue weighted by Gasteiger charge is -2.32. The lowest BCUT2D eigenvalue weighted by Crippen LogP contribution is -2.45. The van der Waals surface area contributed by atoms with Crippen molar-refractivity contribution in [1.29, 1.82) is 0 Å². The van der Waals surface area contributed by atoms with E-state index in [1.807, 2.05) is 4.90 Å². The molecule has 0 aromatic heterocycles. The summed E-state index contributed by atoms with van der Waals surface area (Å²) >= 11 is 0. The highest BCUT2D eigenvalue weighted by Crippen LogP contribution is 2.30. The molecule has 1 atom stereocenters. The Bertz CT molecular complexity index is 231. The van der Waals surface area contributed by atoms with E-state index in [1.54, 1.807) is 0 Å². The molecule has 1 saturated carbocycles. The van der Waals surface area contributed by atoms with Gasteiger partial charge in [-0.25, -0.2) is 0 Å². The number of piperidine rings is 1. The van der Waals surface area contributed by atoms with Gasteiger partial charge in [0.15, 0.2) is 0 Å². The molecule has 2 rings (SSSR count). The minimum absolute atomic E-state index is 0. The third-order valence-corrected chi connectivity index (χ3v) is 3.80. The molecule has 1 unspecified atom stereocenters. The van der Waals surface area contributed by atoms with E-state index >= 15 is 0 Å². The van der Waals surface area contributed by atoms with Gasteiger partial charge in [-0.2, -0.15) is 0 Å². The summed E-state index contributed by atoms with van der Waals surface area (Å²) in [5, 5.41) is 0. The molecule has 2 N–H and O–H groups in total. The third kappa shape index (κ3) is 3.63. The number of amides is 1. The average molecular weight is 247 g/mol. The van der Waals surface area contributed by atoms with Gasteiger partial charge in [0.1, 0.15) is 0 Å². The first kappa shape index (κ1) is 13.8. The molecule has 94 valence electrons. The summed E-state index contributed by atoms with van der Waals surface area (Å²) in [6.45, 7) is 1.71. The third-order valence-electron chi connectivity index (χ3n) is 3.80. The lowest BCUT2D eigenvalue weighted by atomic mass is 9.82. The molecular formula is C12H23ClN2O. The van der Waals surface area contributed by atoms with Crippen LogP contribution in [0.2, 0.25) is 0 Å². The van der Waals surface area contributed by atoms with Gasteiger partial charge in [-0.1, -0.05) is 19.3 Å². The lowest BCUT2D eigenvalue weighted by molar-refractivity contribution is -0.132. The van der Waals surface area contributed by atoms with Crippen molar-refractivity contribution >= 4 is 18.3 Å². The second kappa shape index (κ2) is 6.45. The number of carbonyl (C=O) groups excluding carboxylic acids is 1. The van der Waals surface area contributed by atoms with Crippen LogP contribution >= 0.6 is 12.4 Å². The SMILES string of the molecule is Cl.NC1CCCN(C(=O)CCC2CCC2)C1. The van der Waals surface area contributed by atoms with E-state index < -0.39 is 0 Å². The fraction of sp³-hybridized carbons (Fsp3) is 0.917. The van der Waals surface area contributed by atoms with Crippen molar-refractivity contribution in [2.24, 2.45) is 11.7 Å². The van der Waals surface area contributed by atoms with Crippen LogP contribution in [0.4, 0.5) is 0 Å². The van der Waals surface area contributed by atoms with Crippen LogP contribution in [0.25, 0.3) is 0 Å². The molecule has 4 heteroatoms. The van der Waals surface area contributed by atoms with Gasteiger partial charge in [-0.3, -0.25) is 4.79 Å². The first-order valence-electron chi connectivity index (χ1n) is 6.29. The first-order chi connectivity index (χ1) is 7.25. The zero-order chi connectivity index (χ0) is 10.7. The molecule has 2 fully saturated rings. The molecule has 0 bridgehead atoms. The van der Waals surface area contributed by atoms with Gasteiger partial charge in [0.05, 0.1) is 0 Å².